The second-order valence-electron chi connectivity index (χ2n) is 6.91. The van der Waals surface area contributed by atoms with E-state index in [0.29, 0.717) is 36.3 Å². The van der Waals surface area contributed by atoms with Gasteiger partial charge in [0.25, 0.3) is 0 Å². The van der Waals surface area contributed by atoms with Gasteiger partial charge in [0.15, 0.2) is 5.82 Å². The summed E-state index contributed by atoms with van der Waals surface area (Å²) in [6.45, 7) is 6.80. The second-order valence-corrected chi connectivity index (χ2v) is 6.91. The summed E-state index contributed by atoms with van der Waals surface area (Å²) >= 11 is 0. The van der Waals surface area contributed by atoms with Crippen molar-refractivity contribution in [3.63, 3.8) is 0 Å². The van der Waals surface area contributed by atoms with Gasteiger partial charge in [0.05, 0.1) is 6.54 Å². The predicted molar refractivity (Wildman–Crippen MR) is 88.2 cm³/mol. The van der Waals surface area contributed by atoms with Crippen LogP contribution in [0, 0.1) is 5.92 Å². The summed E-state index contributed by atoms with van der Waals surface area (Å²) < 4.78 is 10.6. The number of nitrogens with one attached hydrogen (secondary N) is 1. The van der Waals surface area contributed by atoms with Gasteiger partial charge in [-0.2, -0.15) is 4.98 Å². The lowest BCUT2D eigenvalue weighted by Crippen LogP contribution is -2.47. The number of amides is 2. The van der Waals surface area contributed by atoms with Gasteiger partial charge in [-0.3, -0.25) is 0 Å². The molecule has 4 atom stereocenters. The number of fused-ring (bicyclic) bond motifs is 1. The van der Waals surface area contributed by atoms with Crippen molar-refractivity contribution >= 4 is 6.03 Å². The Morgan fingerprint density at radius 2 is 2.25 bits per heavy atom. The van der Waals surface area contributed by atoms with E-state index in [1.54, 1.807) is 0 Å². The maximum atomic E-state index is 12.6. The van der Waals surface area contributed by atoms with E-state index in [4.69, 9.17) is 9.26 Å². The summed E-state index contributed by atoms with van der Waals surface area (Å²) in [5, 5.41) is 6.85. The molecule has 0 radical (unpaired) electrons. The Kier molecular flexibility index (Phi) is 5.38. The Hall–Kier alpha value is -1.63. The van der Waals surface area contributed by atoms with Gasteiger partial charge in [-0.05, 0) is 46.0 Å². The molecule has 2 aliphatic rings. The van der Waals surface area contributed by atoms with E-state index >= 15 is 0 Å². The summed E-state index contributed by atoms with van der Waals surface area (Å²) in [4.78, 5) is 19.0. The fraction of sp³-hybridized carbons (Fsp3) is 0.824. The number of nitrogens with zero attached hydrogens (tertiary/aromatic N) is 3. The highest BCUT2D eigenvalue weighted by molar-refractivity contribution is 5.75. The van der Waals surface area contributed by atoms with Crippen LogP contribution in [0.5, 0.6) is 0 Å². The third-order valence-electron chi connectivity index (χ3n) is 5.23. The van der Waals surface area contributed by atoms with Crippen molar-refractivity contribution in [2.24, 2.45) is 5.92 Å². The third-order valence-corrected chi connectivity index (χ3v) is 5.23. The predicted octanol–water partition coefficient (Wildman–Crippen LogP) is 3.03. The molecule has 0 unspecified atom stereocenters. The number of hydrogen-bond donors (Lipinski definition) is 1. The molecule has 7 nitrogen and oxygen atoms in total. The molecular formula is C17H28N4O3. The van der Waals surface area contributed by atoms with Crippen molar-refractivity contribution in [2.45, 2.75) is 77.6 Å². The molecule has 3 rings (SSSR count). The van der Waals surface area contributed by atoms with Gasteiger partial charge >= 0.3 is 6.03 Å². The monoisotopic (exact) mass is 336 g/mol. The van der Waals surface area contributed by atoms with E-state index in [1.165, 1.54) is 19.3 Å². The molecule has 1 N–H and O–H groups in total. The average Bonchev–Trinajstić information content (AvgIpc) is 3.16. The first kappa shape index (κ1) is 17.2. The number of aromatic nitrogens is 2. The van der Waals surface area contributed by atoms with Crippen LogP contribution in [0.4, 0.5) is 4.79 Å². The smallest absolute Gasteiger partial charge is 0.318 e. The van der Waals surface area contributed by atoms with Gasteiger partial charge in [0, 0.05) is 18.7 Å². The zero-order valence-electron chi connectivity index (χ0n) is 14.8. The number of hydrogen-bond acceptors (Lipinski definition) is 5. The van der Waals surface area contributed by atoms with E-state index in [2.05, 4.69) is 22.4 Å². The number of carbonyl (C=O) groups excluding carboxylic acids is 1. The highest BCUT2D eigenvalue weighted by atomic mass is 16.5. The second kappa shape index (κ2) is 7.51. The van der Waals surface area contributed by atoms with Gasteiger partial charge in [0.2, 0.25) is 5.89 Å². The highest BCUT2D eigenvalue weighted by Crippen LogP contribution is 2.39. The number of urea groups is 1. The van der Waals surface area contributed by atoms with Crippen molar-refractivity contribution in [1.29, 1.82) is 0 Å². The van der Waals surface area contributed by atoms with Gasteiger partial charge in [-0.1, -0.05) is 18.0 Å². The quantitative estimate of drug-likeness (QED) is 0.894. The van der Waals surface area contributed by atoms with Crippen LogP contribution in [0.3, 0.4) is 0 Å². The van der Waals surface area contributed by atoms with E-state index in [0.717, 1.165) is 12.8 Å². The molecule has 134 valence electrons. The lowest BCUT2D eigenvalue weighted by atomic mass is 9.85. The van der Waals surface area contributed by atoms with Crippen LogP contribution in [-0.4, -0.2) is 39.8 Å². The largest absolute Gasteiger partial charge is 0.371 e. The molecule has 1 aliphatic heterocycles. The summed E-state index contributed by atoms with van der Waals surface area (Å²) in [5.74, 6) is 1.60. The molecule has 24 heavy (non-hydrogen) atoms. The van der Waals surface area contributed by atoms with Crippen LogP contribution in [0.2, 0.25) is 0 Å². The number of ether oxygens (including phenoxy) is 1. The molecule has 2 fully saturated rings. The molecular weight excluding hydrogens is 308 g/mol. The van der Waals surface area contributed by atoms with E-state index in [9.17, 15) is 4.79 Å². The molecule has 1 aromatic rings. The average molecular weight is 336 g/mol. The van der Waals surface area contributed by atoms with Crippen molar-refractivity contribution in [3.05, 3.63) is 11.7 Å². The van der Waals surface area contributed by atoms with E-state index in [1.807, 2.05) is 18.7 Å². The summed E-state index contributed by atoms with van der Waals surface area (Å²) in [6, 6.07) is 0.675. The van der Waals surface area contributed by atoms with Crippen LogP contribution in [-0.2, 0) is 11.3 Å². The SMILES string of the molecule is CCO[C@H](C)c1noc(CNC(=O)N2[C@H](C)C[C@H]3CCCC[C@@H]32)n1. The van der Waals surface area contributed by atoms with Gasteiger partial charge < -0.3 is 19.5 Å². The lowest BCUT2D eigenvalue weighted by Gasteiger charge is -2.33. The zero-order chi connectivity index (χ0) is 17.1. The highest BCUT2D eigenvalue weighted by Gasteiger charge is 2.42. The van der Waals surface area contributed by atoms with Crippen molar-refractivity contribution in [1.82, 2.24) is 20.4 Å². The lowest BCUT2D eigenvalue weighted by molar-refractivity contribution is 0.0683. The third kappa shape index (κ3) is 3.55. The van der Waals surface area contributed by atoms with Crippen LogP contribution in [0.25, 0.3) is 0 Å². The topological polar surface area (TPSA) is 80.5 Å². The Balaban J connectivity index is 1.55. The van der Waals surface area contributed by atoms with E-state index in [-0.39, 0.29) is 18.7 Å². The first-order chi connectivity index (χ1) is 11.6. The fourth-order valence-corrected chi connectivity index (χ4v) is 4.13. The molecule has 7 heteroatoms. The summed E-state index contributed by atoms with van der Waals surface area (Å²) in [5.41, 5.74) is 0. The van der Waals surface area contributed by atoms with Crippen LogP contribution in [0.1, 0.15) is 70.7 Å². The maximum absolute atomic E-state index is 12.6. The van der Waals surface area contributed by atoms with Gasteiger partial charge in [-0.25, -0.2) is 4.79 Å². The Morgan fingerprint density at radius 1 is 1.46 bits per heavy atom. The molecule has 0 aromatic carbocycles. The molecule has 0 spiro atoms. The van der Waals surface area contributed by atoms with Crippen LogP contribution in [0.15, 0.2) is 4.52 Å². The summed E-state index contributed by atoms with van der Waals surface area (Å²) in [7, 11) is 0. The molecule has 0 bridgehead atoms. The normalized spacial score (nSPS) is 27.8. The molecule has 1 aromatic heterocycles. The number of likely N-dealkylation sites (tertiary alicyclic amines) is 1. The minimum atomic E-state index is -0.204. The minimum absolute atomic E-state index is 0.0190. The molecule has 1 aliphatic carbocycles. The fourth-order valence-electron chi connectivity index (χ4n) is 4.13. The Morgan fingerprint density at radius 3 is 3.04 bits per heavy atom. The van der Waals surface area contributed by atoms with E-state index < -0.39 is 0 Å². The van der Waals surface area contributed by atoms with Crippen molar-refractivity contribution < 1.29 is 14.1 Å². The van der Waals surface area contributed by atoms with Crippen molar-refractivity contribution in [2.75, 3.05) is 6.61 Å². The minimum Gasteiger partial charge on any atom is -0.371 e. The maximum Gasteiger partial charge on any atom is 0.318 e. The van der Waals surface area contributed by atoms with Gasteiger partial charge in [0.1, 0.15) is 6.10 Å². The Bertz CT molecular complexity index is 562. The van der Waals surface area contributed by atoms with Crippen LogP contribution < -0.4 is 5.32 Å². The Labute approximate surface area is 143 Å². The zero-order valence-corrected chi connectivity index (χ0v) is 14.8. The standard InChI is InChI=1S/C17H28N4O3/c1-4-23-12(3)16-19-15(24-20-16)10-18-17(22)21-11(2)9-13-7-5-6-8-14(13)21/h11-14H,4-10H2,1-3H3,(H,18,22)/t11-,12-,13-,14+/m1/s1. The molecule has 2 amide bonds. The molecule has 1 saturated carbocycles. The van der Waals surface area contributed by atoms with Gasteiger partial charge in [-0.15, -0.1) is 0 Å². The first-order valence-corrected chi connectivity index (χ1v) is 9.10. The molecule has 2 heterocycles. The van der Waals surface area contributed by atoms with Crippen molar-refractivity contribution in [3.8, 4) is 0 Å². The first-order valence-electron chi connectivity index (χ1n) is 9.10. The number of carbonyl (C=O) groups is 1. The number of rotatable bonds is 5. The summed E-state index contributed by atoms with van der Waals surface area (Å²) in [6.07, 6.45) is 5.81. The van der Waals surface area contributed by atoms with Crippen LogP contribution >= 0.6 is 0 Å². The molecule has 1 saturated heterocycles.